The Morgan fingerprint density at radius 2 is 1.80 bits per heavy atom. The van der Waals surface area contributed by atoms with E-state index >= 15 is 0 Å². The first-order valence-electron chi connectivity index (χ1n) is 9.75. The van der Waals surface area contributed by atoms with Gasteiger partial charge in [0.1, 0.15) is 5.82 Å². The lowest BCUT2D eigenvalue weighted by Gasteiger charge is -2.13. The quantitative estimate of drug-likeness (QED) is 0.483. The molecule has 0 bridgehead atoms. The first kappa shape index (κ1) is 19.7. The number of ether oxygens (including phenoxy) is 2. The molecule has 2 aromatic heterocycles. The minimum Gasteiger partial charge on any atom is -0.493 e. The van der Waals surface area contributed by atoms with Crippen molar-refractivity contribution in [1.82, 2.24) is 15.1 Å². The van der Waals surface area contributed by atoms with Gasteiger partial charge in [-0.1, -0.05) is 29.4 Å². The van der Waals surface area contributed by atoms with Crippen molar-refractivity contribution in [1.29, 1.82) is 0 Å². The second-order valence-corrected chi connectivity index (χ2v) is 7.03. The summed E-state index contributed by atoms with van der Waals surface area (Å²) in [7, 11) is 3.27. The molecule has 2 aromatic carbocycles. The third kappa shape index (κ3) is 3.91. The van der Waals surface area contributed by atoms with Gasteiger partial charge in [0.15, 0.2) is 11.5 Å². The Kier molecular flexibility index (Phi) is 5.52. The van der Waals surface area contributed by atoms with Crippen LogP contribution in [0.15, 0.2) is 47.0 Å². The van der Waals surface area contributed by atoms with Crippen molar-refractivity contribution >= 4 is 16.7 Å². The molecule has 1 N–H and O–H groups in total. The number of nitrogens with one attached hydrogen (secondary N) is 1. The fraction of sp³-hybridized carbons (Fsp3) is 0.261. The fourth-order valence-electron chi connectivity index (χ4n) is 3.42. The van der Waals surface area contributed by atoms with Crippen molar-refractivity contribution in [2.24, 2.45) is 0 Å². The highest BCUT2D eigenvalue weighted by molar-refractivity contribution is 5.89. The average molecular weight is 404 g/mol. The van der Waals surface area contributed by atoms with E-state index in [1.165, 1.54) is 0 Å². The maximum atomic E-state index is 5.40. The molecule has 4 aromatic rings. The van der Waals surface area contributed by atoms with Crippen LogP contribution in [-0.4, -0.2) is 35.9 Å². The molecule has 0 unspecified atom stereocenters. The summed E-state index contributed by atoms with van der Waals surface area (Å²) in [5, 5.41) is 8.58. The van der Waals surface area contributed by atoms with Gasteiger partial charge in [0.05, 0.1) is 25.3 Å². The van der Waals surface area contributed by atoms with E-state index in [9.17, 15) is 0 Å². The maximum absolute atomic E-state index is 5.40. The number of benzene rings is 2. The molecular weight excluding hydrogens is 380 g/mol. The van der Waals surface area contributed by atoms with Gasteiger partial charge in [-0.05, 0) is 42.7 Å². The lowest BCUT2D eigenvalue weighted by molar-refractivity contribution is 0.354. The first-order chi connectivity index (χ1) is 14.6. The zero-order chi connectivity index (χ0) is 21.1. The Hall–Kier alpha value is -3.61. The van der Waals surface area contributed by atoms with Crippen molar-refractivity contribution in [3.8, 4) is 22.9 Å². The van der Waals surface area contributed by atoms with Crippen LogP contribution in [-0.2, 0) is 6.42 Å². The van der Waals surface area contributed by atoms with E-state index in [4.69, 9.17) is 19.0 Å². The van der Waals surface area contributed by atoms with Gasteiger partial charge in [-0.3, -0.25) is 0 Å². The summed E-state index contributed by atoms with van der Waals surface area (Å²) < 4.78 is 15.9. The van der Waals surface area contributed by atoms with Crippen LogP contribution in [0.1, 0.15) is 17.0 Å². The molecule has 154 valence electrons. The Morgan fingerprint density at radius 3 is 2.53 bits per heavy atom. The lowest BCUT2D eigenvalue weighted by Crippen LogP contribution is -2.08. The summed E-state index contributed by atoms with van der Waals surface area (Å²) in [5.41, 5.74) is 4.02. The molecule has 7 nitrogen and oxygen atoms in total. The van der Waals surface area contributed by atoms with Gasteiger partial charge >= 0.3 is 0 Å². The van der Waals surface area contributed by atoms with Gasteiger partial charge in [-0.15, -0.1) is 0 Å². The van der Waals surface area contributed by atoms with E-state index in [0.29, 0.717) is 18.3 Å². The summed E-state index contributed by atoms with van der Waals surface area (Å²) in [6, 6.07) is 14.1. The van der Waals surface area contributed by atoms with Gasteiger partial charge in [0.2, 0.25) is 11.7 Å². The Bertz CT molecular complexity index is 1190. The van der Waals surface area contributed by atoms with E-state index in [1.54, 1.807) is 21.1 Å². The van der Waals surface area contributed by atoms with Crippen molar-refractivity contribution < 1.29 is 14.0 Å². The molecule has 0 aliphatic heterocycles. The Labute approximate surface area is 175 Å². The normalized spacial score (nSPS) is 10.9. The van der Waals surface area contributed by atoms with E-state index < -0.39 is 0 Å². The van der Waals surface area contributed by atoms with Crippen molar-refractivity contribution in [3.63, 3.8) is 0 Å². The molecule has 0 saturated heterocycles. The number of aryl methyl sites for hydroxylation is 2. The molecule has 7 heteroatoms. The van der Waals surface area contributed by atoms with Crippen LogP contribution in [0.25, 0.3) is 22.3 Å². The highest BCUT2D eigenvalue weighted by Crippen LogP contribution is 2.30. The standard InChI is InChI=1S/C23H24N4O3/c1-14-6-5-7-17-13-18(23-25-15(2)30-27-23)22(26-21(14)17)24-11-10-16-8-9-19(28-3)20(12-16)29-4/h5-9,12-13H,10-11H2,1-4H3,(H,24,26). The number of pyridine rings is 1. The van der Waals surface area contributed by atoms with Crippen LogP contribution in [0.4, 0.5) is 5.82 Å². The van der Waals surface area contributed by atoms with Crippen molar-refractivity contribution in [2.75, 3.05) is 26.1 Å². The van der Waals surface area contributed by atoms with Gasteiger partial charge in [0.25, 0.3) is 0 Å². The molecule has 4 rings (SSSR count). The summed E-state index contributed by atoms with van der Waals surface area (Å²) in [5.74, 6) is 3.22. The van der Waals surface area contributed by atoms with E-state index in [-0.39, 0.29) is 0 Å². The molecule has 0 aliphatic rings. The van der Waals surface area contributed by atoms with E-state index in [1.807, 2.05) is 30.3 Å². The van der Waals surface area contributed by atoms with Gasteiger partial charge in [-0.2, -0.15) is 4.98 Å². The number of para-hydroxylation sites is 1. The molecule has 0 amide bonds. The molecule has 0 atom stereocenters. The van der Waals surface area contributed by atoms with Crippen LogP contribution in [0.5, 0.6) is 11.5 Å². The second-order valence-electron chi connectivity index (χ2n) is 7.03. The van der Waals surface area contributed by atoms with Crippen molar-refractivity contribution in [2.45, 2.75) is 20.3 Å². The minimum atomic E-state index is 0.519. The summed E-state index contributed by atoms with van der Waals surface area (Å²) in [6.45, 7) is 4.52. The summed E-state index contributed by atoms with van der Waals surface area (Å²) in [4.78, 5) is 9.27. The Balaban J connectivity index is 1.62. The van der Waals surface area contributed by atoms with Gasteiger partial charge in [-0.25, -0.2) is 4.98 Å². The SMILES string of the molecule is COc1ccc(CCNc2nc3c(C)cccc3cc2-c2noc(C)n2)cc1OC. The predicted molar refractivity (Wildman–Crippen MR) is 116 cm³/mol. The van der Waals surface area contributed by atoms with Gasteiger partial charge in [0, 0.05) is 18.9 Å². The fourth-order valence-corrected chi connectivity index (χ4v) is 3.42. The number of hydrogen-bond donors (Lipinski definition) is 1. The first-order valence-corrected chi connectivity index (χ1v) is 9.75. The molecule has 0 radical (unpaired) electrons. The Morgan fingerprint density at radius 1 is 0.967 bits per heavy atom. The third-order valence-corrected chi connectivity index (χ3v) is 4.97. The topological polar surface area (TPSA) is 82.3 Å². The number of hydrogen-bond acceptors (Lipinski definition) is 7. The molecule has 2 heterocycles. The van der Waals surface area contributed by atoms with Gasteiger partial charge < -0.3 is 19.3 Å². The lowest BCUT2D eigenvalue weighted by atomic mass is 10.1. The zero-order valence-corrected chi connectivity index (χ0v) is 17.5. The molecule has 0 fully saturated rings. The molecule has 30 heavy (non-hydrogen) atoms. The number of methoxy groups -OCH3 is 2. The number of nitrogens with zero attached hydrogens (tertiary/aromatic N) is 3. The van der Waals surface area contributed by atoms with Crippen LogP contribution in [0.2, 0.25) is 0 Å². The van der Waals surface area contributed by atoms with E-state index in [2.05, 4.69) is 34.5 Å². The number of anilines is 1. The maximum Gasteiger partial charge on any atom is 0.223 e. The summed E-state index contributed by atoms with van der Waals surface area (Å²) >= 11 is 0. The summed E-state index contributed by atoms with van der Waals surface area (Å²) in [6.07, 6.45) is 0.790. The largest absolute Gasteiger partial charge is 0.493 e. The zero-order valence-electron chi connectivity index (χ0n) is 17.5. The monoisotopic (exact) mass is 404 g/mol. The molecule has 0 spiro atoms. The third-order valence-electron chi connectivity index (χ3n) is 4.97. The van der Waals surface area contributed by atoms with Crippen LogP contribution in [0.3, 0.4) is 0 Å². The number of aromatic nitrogens is 3. The highest BCUT2D eigenvalue weighted by Gasteiger charge is 2.15. The van der Waals surface area contributed by atoms with Crippen molar-refractivity contribution in [3.05, 3.63) is 59.5 Å². The second kappa shape index (κ2) is 8.41. The number of fused-ring (bicyclic) bond motifs is 1. The average Bonchev–Trinajstić information content (AvgIpc) is 3.19. The number of rotatable bonds is 7. The smallest absolute Gasteiger partial charge is 0.223 e. The van der Waals surface area contributed by atoms with Crippen LogP contribution < -0.4 is 14.8 Å². The molecular formula is C23H24N4O3. The van der Waals surface area contributed by atoms with E-state index in [0.717, 1.165) is 51.3 Å². The molecule has 0 saturated carbocycles. The predicted octanol–water partition coefficient (Wildman–Crippen LogP) is 4.57. The van der Waals surface area contributed by atoms with Crippen LogP contribution in [0, 0.1) is 13.8 Å². The van der Waals surface area contributed by atoms with Crippen LogP contribution >= 0.6 is 0 Å². The molecule has 0 aliphatic carbocycles. The minimum absolute atomic E-state index is 0.519. The highest BCUT2D eigenvalue weighted by atomic mass is 16.5.